The molecule has 1 atom stereocenters. The number of alkyl halides is 3. The van der Waals surface area contributed by atoms with E-state index in [0.717, 1.165) is 22.6 Å². The molecular formula is C19H20F3N3O4S. The van der Waals surface area contributed by atoms with E-state index in [-0.39, 0.29) is 23.2 Å². The van der Waals surface area contributed by atoms with E-state index < -0.39 is 27.9 Å². The molecule has 1 aliphatic heterocycles. The molecule has 1 fully saturated rings. The van der Waals surface area contributed by atoms with E-state index in [1.54, 1.807) is 0 Å². The number of likely N-dealkylation sites (tertiary alicyclic amines) is 1. The summed E-state index contributed by atoms with van der Waals surface area (Å²) < 4.78 is 69.2. The van der Waals surface area contributed by atoms with Crippen molar-refractivity contribution in [2.75, 3.05) is 27.2 Å². The molecule has 2 heterocycles. The molecule has 0 radical (unpaired) electrons. The van der Waals surface area contributed by atoms with Gasteiger partial charge in [0.25, 0.3) is 5.91 Å². The predicted molar refractivity (Wildman–Crippen MR) is 101 cm³/mol. The van der Waals surface area contributed by atoms with Gasteiger partial charge in [-0.15, -0.1) is 0 Å². The lowest BCUT2D eigenvalue weighted by molar-refractivity contribution is -0.137. The van der Waals surface area contributed by atoms with Crippen LogP contribution in [-0.4, -0.2) is 61.8 Å². The average molecular weight is 443 g/mol. The van der Waals surface area contributed by atoms with E-state index >= 15 is 0 Å². The number of pyridine rings is 1. The summed E-state index contributed by atoms with van der Waals surface area (Å²) in [6.45, 7) is 0.550. The number of hydrogen-bond acceptors (Lipinski definition) is 5. The topological polar surface area (TPSA) is 79.8 Å². The van der Waals surface area contributed by atoms with Crippen molar-refractivity contribution in [1.29, 1.82) is 0 Å². The number of halogens is 3. The number of amides is 1. The van der Waals surface area contributed by atoms with Gasteiger partial charge in [0.2, 0.25) is 15.9 Å². The van der Waals surface area contributed by atoms with Gasteiger partial charge in [0, 0.05) is 44.9 Å². The van der Waals surface area contributed by atoms with Crippen LogP contribution in [0.2, 0.25) is 0 Å². The molecule has 11 heteroatoms. The van der Waals surface area contributed by atoms with Crippen LogP contribution in [-0.2, 0) is 16.2 Å². The lowest BCUT2D eigenvalue weighted by Crippen LogP contribution is -2.31. The molecule has 0 spiro atoms. The number of nitrogens with zero attached hydrogens (tertiary/aromatic N) is 3. The van der Waals surface area contributed by atoms with E-state index in [1.807, 2.05) is 0 Å². The Morgan fingerprint density at radius 3 is 2.47 bits per heavy atom. The Bertz CT molecular complexity index is 1020. The van der Waals surface area contributed by atoms with Crippen molar-refractivity contribution in [1.82, 2.24) is 14.2 Å². The second kappa shape index (κ2) is 8.23. The average Bonchev–Trinajstić information content (AvgIpc) is 3.15. The lowest BCUT2D eigenvalue weighted by atomic mass is 10.2. The second-order valence-corrected chi connectivity index (χ2v) is 9.12. The predicted octanol–water partition coefficient (Wildman–Crippen LogP) is 2.64. The highest BCUT2D eigenvalue weighted by atomic mass is 32.2. The SMILES string of the molecule is CN(C)S(=O)(=O)c1ccc(C(=O)N2CC[C@H](Oc3cc(C(F)(F)F)ccn3)C2)cc1. The normalized spacial score (nSPS) is 17.4. The molecule has 0 aliphatic carbocycles. The molecule has 3 rings (SSSR count). The molecule has 0 N–H and O–H groups in total. The van der Waals surface area contributed by atoms with E-state index in [1.165, 1.54) is 43.3 Å². The molecule has 162 valence electrons. The number of benzene rings is 1. The van der Waals surface area contributed by atoms with Gasteiger partial charge >= 0.3 is 6.18 Å². The van der Waals surface area contributed by atoms with Crippen LogP contribution in [0, 0.1) is 0 Å². The summed E-state index contributed by atoms with van der Waals surface area (Å²) in [4.78, 5) is 18.1. The lowest BCUT2D eigenvalue weighted by Gasteiger charge is -2.18. The Labute approximate surface area is 172 Å². The summed E-state index contributed by atoms with van der Waals surface area (Å²) in [5.41, 5.74) is -0.545. The van der Waals surface area contributed by atoms with Gasteiger partial charge in [-0.25, -0.2) is 17.7 Å². The highest BCUT2D eigenvalue weighted by Crippen LogP contribution is 2.31. The molecule has 0 unspecified atom stereocenters. The highest BCUT2D eigenvalue weighted by molar-refractivity contribution is 7.89. The van der Waals surface area contributed by atoms with Crippen molar-refractivity contribution in [2.45, 2.75) is 23.6 Å². The van der Waals surface area contributed by atoms with Gasteiger partial charge in [-0.05, 0) is 30.3 Å². The fourth-order valence-corrected chi connectivity index (χ4v) is 3.89. The first-order chi connectivity index (χ1) is 14.0. The zero-order valence-corrected chi connectivity index (χ0v) is 17.1. The van der Waals surface area contributed by atoms with Crippen LogP contribution in [0.3, 0.4) is 0 Å². The molecule has 0 bridgehead atoms. The number of carbonyl (C=O) groups excluding carboxylic acids is 1. The summed E-state index contributed by atoms with van der Waals surface area (Å²) in [7, 11) is -0.765. The van der Waals surface area contributed by atoms with Crippen molar-refractivity contribution in [2.24, 2.45) is 0 Å². The standard InChI is InChI=1S/C19H20F3N3O4S/c1-24(2)30(27,28)16-5-3-13(4-6-16)18(26)25-10-8-15(12-25)29-17-11-14(7-9-23-17)19(20,21)22/h3-7,9,11,15H,8,10,12H2,1-2H3/t15-/m0/s1. The Balaban J connectivity index is 1.65. The van der Waals surface area contributed by atoms with Crippen LogP contribution in [0.25, 0.3) is 0 Å². The zero-order chi connectivity index (χ0) is 22.1. The van der Waals surface area contributed by atoms with Crippen LogP contribution < -0.4 is 4.74 Å². The summed E-state index contributed by atoms with van der Waals surface area (Å²) in [6, 6.07) is 7.27. The number of hydrogen-bond donors (Lipinski definition) is 0. The monoisotopic (exact) mass is 443 g/mol. The van der Waals surface area contributed by atoms with Gasteiger partial charge in [0.15, 0.2) is 0 Å². The van der Waals surface area contributed by atoms with Crippen LogP contribution in [0.5, 0.6) is 5.88 Å². The minimum Gasteiger partial charge on any atom is -0.472 e. The number of aromatic nitrogens is 1. The van der Waals surface area contributed by atoms with Crippen molar-refractivity contribution in [3.63, 3.8) is 0 Å². The first-order valence-corrected chi connectivity index (χ1v) is 10.4. The Morgan fingerprint density at radius 1 is 1.20 bits per heavy atom. The van der Waals surface area contributed by atoms with Crippen molar-refractivity contribution in [3.05, 3.63) is 53.7 Å². The zero-order valence-electron chi connectivity index (χ0n) is 16.3. The van der Waals surface area contributed by atoms with Gasteiger partial charge in [-0.1, -0.05) is 0 Å². The largest absolute Gasteiger partial charge is 0.472 e. The molecule has 0 saturated carbocycles. The van der Waals surface area contributed by atoms with E-state index in [9.17, 15) is 26.4 Å². The van der Waals surface area contributed by atoms with Crippen molar-refractivity contribution < 1.29 is 31.1 Å². The van der Waals surface area contributed by atoms with E-state index in [4.69, 9.17) is 4.74 Å². The first kappa shape index (κ1) is 22.0. The third-order valence-electron chi connectivity index (χ3n) is 4.66. The summed E-state index contributed by atoms with van der Waals surface area (Å²) >= 11 is 0. The quantitative estimate of drug-likeness (QED) is 0.710. The van der Waals surface area contributed by atoms with Gasteiger partial charge < -0.3 is 9.64 Å². The Morgan fingerprint density at radius 2 is 1.87 bits per heavy atom. The third kappa shape index (κ3) is 4.73. The molecule has 2 aromatic rings. The fraction of sp³-hybridized carbons (Fsp3) is 0.368. The molecule has 30 heavy (non-hydrogen) atoms. The molecule has 1 amide bonds. The van der Waals surface area contributed by atoms with Crippen molar-refractivity contribution >= 4 is 15.9 Å². The third-order valence-corrected chi connectivity index (χ3v) is 6.49. The first-order valence-electron chi connectivity index (χ1n) is 9.00. The molecular weight excluding hydrogens is 423 g/mol. The van der Waals surface area contributed by atoms with Crippen LogP contribution in [0.1, 0.15) is 22.3 Å². The van der Waals surface area contributed by atoms with E-state index in [2.05, 4.69) is 4.98 Å². The smallest absolute Gasteiger partial charge is 0.416 e. The highest BCUT2D eigenvalue weighted by Gasteiger charge is 2.32. The minimum absolute atomic E-state index is 0.0716. The number of sulfonamides is 1. The van der Waals surface area contributed by atoms with Crippen LogP contribution in [0.15, 0.2) is 47.5 Å². The summed E-state index contributed by atoms with van der Waals surface area (Å²) in [6.07, 6.45) is -3.51. The number of rotatable bonds is 5. The summed E-state index contributed by atoms with van der Waals surface area (Å²) in [5.74, 6) is -0.464. The van der Waals surface area contributed by atoms with Crippen LogP contribution in [0.4, 0.5) is 13.2 Å². The van der Waals surface area contributed by atoms with Gasteiger partial charge in [0.1, 0.15) is 6.10 Å². The molecule has 1 saturated heterocycles. The fourth-order valence-electron chi connectivity index (χ4n) is 2.99. The number of carbonyl (C=O) groups is 1. The van der Waals surface area contributed by atoms with Gasteiger partial charge in [-0.3, -0.25) is 4.79 Å². The molecule has 1 aromatic carbocycles. The molecule has 7 nitrogen and oxygen atoms in total. The van der Waals surface area contributed by atoms with Gasteiger partial charge in [0.05, 0.1) is 17.0 Å². The Kier molecular flexibility index (Phi) is 6.04. The molecule has 1 aliphatic rings. The van der Waals surface area contributed by atoms with Gasteiger partial charge in [-0.2, -0.15) is 13.2 Å². The molecule has 1 aromatic heterocycles. The van der Waals surface area contributed by atoms with Crippen LogP contribution >= 0.6 is 0 Å². The maximum Gasteiger partial charge on any atom is 0.416 e. The maximum absolute atomic E-state index is 12.8. The maximum atomic E-state index is 12.8. The minimum atomic E-state index is -4.50. The van der Waals surface area contributed by atoms with E-state index in [0.29, 0.717) is 18.5 Å². The number of ether oxygens (including phenoxy) is 1. The van der Waals surface area contributed by atoms with Crippen molar-refractivity contribution in [3.8, 4) is 5.88 Å². The second-order valence-electron chi connectivity index (χ2n) is 6.97. The summed E-state index contributed by atoms with van der Waals surface area (Å²) in [5, 5.41) is 0. The Hall–Kier alpha value is -2.66.